The summed E-state index contributed by atoms with van der Waals surface area (Å²) in [5, 5.41) is 0. The van der Waals surface area contributed by atoms with Gasteiger partial charge in [0, 0.05) is 5.57 Å². The summed E-state index contributed by atoms with van der Waals surface area (Å²) in [5.74, 6) is -0.560. The van der Waals surface area contributed by atoms with Gasteiger partial charge in [0.1, 0.15) is 0 Å². The van der Waals surface area contributed by atoms with Gasteiger partial charge in [0.25, 0.3) is 5.91 Å². The van der Waals surface area contributed by atoms with E-state index in [0.29, 0.717) is 17.7 Å². The Labute approximate surface area is 112 Å². The number of fused-ring (bicyclic) bond motifs is 1. The Morgan fingerprint density at radius 1 is 1.21 bits per heavy atom. The SMILES string of the molecule is CC1=C2C(=O)N(c3cccc(C)c3)C(=O)C2CC=C1. The number of hydrogen-bond acceptors (Lipinski definition) is 2. The number of imide groups is 1. The molecule has 2 aliphatic rings. The molecule has 0 saturated carbocycles. The predicted molar refractivity (Wildman–Crippen MR) is 73.6 cm³/mol. The van der Waals surface area contributed by atoms with E-state index in [-0.39, 0.29) is 17.7 Å². The Morgan fingerprint density at radius 2 is 2.00 bits per heavy atom. The van der Waals surface area contributed by atoms with Crippen LogP contribution in [-0.4, -0.2) is 11.8 Å². The number of amides is 2. The third-order valence-corrected chi connectivity index (χ3v) is 3.72. The summed E-state index contributed by atoms with van der Waals surface area (Å²) >= 11 is 0. The monoisotopic (exact) mass is 253 g/mol. The Kier molecular flexibility index (Phi) is 2.63. The first-order valence-electron chi connectivity index (χ1n) is 6.42. The first-order chi connectivity index (χ1) is 9.09. The Morgan fingerprint density at radius 3 is 2.68 bits per heavy atom. The van der Waals surface area contributed by atoms with E-state index in [1.54, 1.807) is 0 Å². The van der Waals surface area contributed by atoms with E-state index >= 15 is 0 Å². The van der Waals surface area contributed by atoms with Crippen LogP contribution in [0.15, 0.2) is 47.6 Å². The normalized spacial score (nSPS) is 22.2. The molecule has 1 unspecified atom stereocenters. The lowest BCUT2D eigenvalue weighted by atomic mass is 9.89. The minimum absolute atomic E-state index is 0.102. The predicted octanol–water partition coefficient (Wildman–Crippen LogP) is 2.76. The standard InChI is InChI=1S/C16H15NO2/c1-10-5-3-7-12(9-10)17-15(18)13-8-4-6-11(2)14(13)16(17)19/h3-7,9,13H,8H2,1-2H3. The van der Waals surface area contributed by atoms with Crippen molar-refractivity contribution in [1.82, 2.24) is 0 Å². The fourth-order valence-electron chi connectivity index (χ4n) is 2.79. The van der Waals surface area contributed by atoms with E-state index in [1.165, 1.54) is 4.90 Å². The first kappa shape index (κ1) is 11.9. The van der Waals surface area contributed by atoms with E-state index < -0.39 is 0 Å². The van der Waals surface area contributed by atoms with Crippen molar-refractivity contribution >= 4 is 17.5 Å². The molecule has 1 aromatic rings. The molecule has 19 heavy (non-hydrogen) atoms. The van der Waals surface area contributed by atoms with Crippen LogP contribution in [0.4, 0.5) is 5.69 Å². The van der Waals surface area contributed by atoms with E-state index in [2.05, 4.69) is 0 Å². The molecular weight excluding hydrogens is 238 g/mol. The lowest BCUT2D eigenvalue weighted by molar-refractivity contribution is -0.122. The molecule has 1 atom stereocenters. The maximum Gasteiger partial charge on any atom is 0.262 e. The number of hydrogen-bond donors (Lipinski definition) is 0. The minimum Gasteiger partial charge on any atom is -0.273 e. The van der Waals surface area contributed by atoms with Crippen LogP contribution < -0.4 is 4.90 Å². The van der Waals surface area contributed by atoms with Gasteiger partial charge in [0.2, 0.25) is 5.91 Å². The van der Waals surface area contributed by atoms with Crippen LogP contribution in [0, 0.1) is 12.8 Å². The number of carbonyl (C=O) groups is 2. The summed E-state index contributed by atoms with van der Waals surface area (Å²) in [6, 6.07) is 7.50. The molecule has 0 spiro atoms. The highest BCUT2D eigenvalue weighted by molar-refractivity contribution is 6.29. The number of aryl methyl sites for hydroxylation is 1. The largest absolute Gasteiger partial charge is 0.273 e. The van der Waals surface area contributed by atoms with Crippen LogP contribution in [0.1, 0.15) is 18.9 Å². The molecule has 3 rings (SSSR count). The van der Waals surface area contributed by atoms with Gasteiger partial charge in [-0.25, -0.2) is 4.90 Å². The zero-order valence-electron chi connectivity index (χ0n) is 11.0. The van der Waals surface area contributed by atoms with Crippen molar-refractivity contribution in [1.29, 1.82) is 0 Å². The maximum atomic E-state index is 12.5. The second-order valence-corrected chi connectivity index (χ2v) is 5.11. The molecule has 1 saturated heterocycles. The van der Waals surface area contributed by atoms with Crippen molar-refractivity contribution in [3.05, 3.63) is 53.1 Å². The summed E-state index contributed by atoms with van der Waals surface area (Å²) in [5.41, 5.74) is 3.28. The topological polar surface area (TPSA) is 37.4 Å². The van der Waals surface area contributed by atoms with Crippen molar-refractivity contribution in [3.8, 4) is 0 Å². The summed E-state index contributed by atoms with van der Waals surface area (Å²) < 4.78 is 0. The number of allylic oxidation sites excluding steroid dienone is 3. The molecule has 1 aliphatic heterocycles. The molecule has 0 N–H and O–H groups in total. The lowest BCUT2D eigenvalue weighted by Gasteiger charge is -2.14. The van der Waals surface area contributed by atoms with Gasteiger partial charge in [0.05, 0.1) is 11.6 Å². The summed E-state index contributed by atoms with van der Waals surface area (Å²) in [6.07, 6.45) is 4.52. The van der Waals surface area contributed by atoms with Crippen LogP contribution in [0.5, 0.6) is 0 Å². The maximum absolute atomic E-state index is 12.5. The minimum atomic E-state index is -0.294. The summed E-state index contributed by atoms with van der Waals surface area (Å²) in [6.45, 7) is 3.84. The molecular formula is C16H15NO2. The van der Waals surface area contributed by atoms with Crippen molar-refractivity contribution < 1.29 is 9.59 Å². The number of anilines is 1. The highest BCUT2D eigenvalue weighted by Gasteiger charge is 2.44. The van der Waals surface area contributed by atoms with Crippen molar-refractivity contribution in [3.63, 3.8) is 0 Å². The van der Waals surface area contributed by atoms with E-state index in [9.17, 15) is 9.59 Å². The molecule has 1 aromatic carbocycles. The average Bonchev–Trinajstić information content (AvgIpc) is 2.63. The Hall–Kier alpha value is -2.16. The van der Waals surface area contributed by atoms with Gasteiger partial charge in [-0.1, -0.05) is 24.3 Å². The Bertz CT molecular complexity index is 640. The molecule has 3 heteroatoms. The van der Waals surface area contributed by atoms with Crippen LogP contribution in [0.2, 0.25) is 0 Å². The first-order valence-corrected chi connectivity index (χ1v) is 6.42. The zero-order valence-corrected chi connectivity index (χ0v) is 11.0. The van der Waals surface area contributed by atoms with E-state index in [0.717, 1.165) is 11.1 Å². The van der Waals surface area contributed by atoms with Crippen LogP contribution >= 0.6 is 0 Å². The molecule has 2 amide bonds. The third-order valence-electron chi connectivity index (χ3n) is 3.72. The molecule has 0 bridgehead atoms. The highest BCUT2D eigenvalue weighted by Crippen LogP contribution is 2.37. The van der Waals surface area contributed by atoms with Gasteiger partial charge >= 0.3 is 0 Å². The van der Waals surface area contributed by atoms with Crippen LogP contribution in [0.25, 0.3) is 0 Å². The Balaban J connectivity index is 2.09. The number of benzene rings is 1. The van der Waals surface area contributed by atoms with Crippen molar-refractivity contribution in [2.45, 2.75) is 20.3 Å². The highest BCUT2D eigenvalue weighted by atomic mass is 16.2. The molecule has 0 aromatic heterocycles. The zero-order chi connectivity index (χ0) is 13.6. The molecule has 96 valence electrons. The molecule has 1 heterocycles. The summed E-state index contributed by atoms with van der Waals surface area (Å²) in [4.78, 5) is 26.3. The third kappa shape index (κ3) is 1.73. The lowest BCUT2D eigenvalue weighted by Crippen LogP contribution is -2.30. The number of carbonyl (C=O) groups excluding carboxylic acids is 2. The molecule has 0 radical (unpaired) electrons. The fraction of sp³-hybridized carbons (Fsp3) is 0.250. The summed E-state index contributed by atoms with van der Waals surface area (Å²) in [7, 11) is 0. The van der Waals surface area contributed by atoms with Gasteiger partial charge < -0.3 is 0 Å². The average molecular weight is 253 g/mol. The van der Waals surface area contributed by atoms with Crippen molar-refractivity contribution in [2.75, 3.05) is 4.90 Å². The van der Waals surface area contributed by atoms with Crippen LogP contribution in [-0.2, 0) is 9.59 Å². The van der Waals surface area contributed by atoms with Gasteiger partial charge in [-0.3, -0.25) is 9.59 Å². The van der Waals surface area contributed by atoms with Crippen LogP contribution in [0.3, 0.4) is 0 Å². The number of rotatable bonds is 1. The second kappa shape index (κ2) is 4.19. The molecule has 1 fully saturated rings. The van der Waals surface area contributed by atoms with Crippen molar-refractivity contribution in [2.24, 2.45) is 5.92 Å². The molecule has 3 nitrogen and oxygen atoms in total. The van der Waals surface area contributed by atoms with Gasteiger partial charge in [0.15, 0.2) is 0 Å². The second-order valence-electron chi connectivity index (χ2n) is 5.11. The molecule has 1 aliphatic carbocycles. The fourth-order valence-corrected chi connectivity index (χ4v) is 2.79. The quantitative estimate of drug-likeness (QED) is 0.722. The van der Waals surface area contributed by atoms with Gasteiger partial charge in [-0.2, -0.15) is 0 Å². The smallest absolute Gasteiger partial charge is 0.262 e. The van der Waals surface area contributed by atoms with E-state index in [4.69, 9.17) is 0 Å². The number of nitrogens with zero attached hydrogens (tertiary/aromatic N) is 1. The van der Waals surface area contributed by atoms with E-state index in [1.807, 2.05) is 50.3 Å². The van der Waals surface area contributed by atoms with Gasteiger partial charge in [-0.05, 0) is 43.5 Å². The van der Waals surface area contributed by atoms with Gasteiger partial charge in [-0.15, -0.1) is 0 Å².